The molecule has 0 fully saturated rings. The predicted octanol–water partition coefficient (Wildman–Crippen LogP) is 4.46. The van der Waals surface area contributed by atoms with Gasteiger partial charge in [-0.1, -0.05) is 55.0 Å². The molecule has 20 heavy (non-hydrogen) atoms. The smallest absolute Gasteiger partial charge is 0.310 e. The van der Waals surface area contributed by atoms with Gasteiger partial charge in [0.05, 0.1) is 6.42 Å². The maximum Gasteiger partial charge on any atom is 0.310 e. The van der Waals surface area contributed by atoms with Crippen LogP contribution in [0.1, 0.15) is 39.2 Å². The average Bonchev–Trinajstić information content (AvgIpc) is 2.39. The monoisotopic (exact) mass is 272 g/mol. The number of hydrogen-bond donors (Lipinski definition) is 0. The number of ether oxygens (including phenoxy) is 1. The summed E-state index contributed by atoms with van der Waals surface area (Å²) < 4.78 is 5.39. The third-order valence-electron chi connectivity index (χ3n) is 2.87. The van der Waals surface area contributed by atoms with E-state index < -0.39 is 0 Å². The lowest BCUT2D eigenvalue weighted by atomic mass is 10.1. The van der Waals surface area contributed by atoms with Crippen LogP contribution in [0.5, 0.6) is 0 Å². The molecule has 108 valence electrons. The quantitative estimate of drug-likeness (QED) is 0.541. The van der Waals surface area contributed by atoms with E-state index in [2.05, 4.69) is 26.0 Å². The van der Waals surface area contributed by atoms with Gasteiger partial charge in [0.25, 0.3) is 0 Å². The van der Waals surface area contributed by atoms with Gasteiger partial charge in [0, 0.05) is 0 Å². The van der Waals surface area contributed by atoms with Gasteiger partial charge in [-0.2, -0.15) is 0 Å². The Labute approximate surface area is 122 Å². The van der Waals surface area contributed by atoms with Gasteiger partial charge < -0.3 is 4.74 Å². The van der Waals surface area contributed by atoms with Crippen LogP contribution < -0.4 is 0 Å². The van der Waals surface area contributed by atoms with Gasteiger partial charge in [-0.05, 0) is 38.3 Å². The second kappa shape index (κ2) is 9.13. The SMILES string of the molecule is CC/C=C/C/C(C)=C/C(C)OC(=O)Cc1ccccc1. The Bertz CT molecular complexity index is 458. The molecule has 0 aliphatic heterocycles. The van der Waals surface area contributed by atoms with E-state index >= 15 is 0 Å². The maximum atomic E-state index is 11.8. The first kappa shape index (κ1) is 16.2. The largest absolute Gasteiger partial charge is 0.458 e. The number of allylic oxidation sites excluding steroid dienone is 3. The van der Waals surface area contributed by atoms with Crippen molar-refractivity contribution in [2.75, 3.05) is 0 Å². The average molecular weight is 272 g/mol. The number of carbonyl (C=O) groups is 1. The fourth-order valence-electron chi connectivity index (χ4n) is 1.95. The molecular formula is C18H24O2. The fraction of sp³-hybridized carbons (Fsp3) is 0.389. The zero-order chi connectivity index (χ0) is 14.8. The highest BCUT2D eigenvalue weighted by molar-refractivity contribution is 5.72. The van der Waals surface area contributed by atoms with E-state index in [9.17, 15) is 4.79 Å². The summed E-state index contributed by atoms with van der Waals surface area (Å²) >= 11 is 0. The Kier molecular flexibility index (Phi) is 7.41. The molecule has 0 radical (unpaired) electrons. The third-order valence-corrected chi connectivity index (χ3v) is 2.87. The molecule has 0 heterocycles. The van der Waals surface area contributed by atoms with E-state index in [1.54, 1.807) is 0 Å². The lowest BCUT2D eigenvalue weighted by Crippen LogP contribution is -2.15. The zero-order valence-corrected chi connectivity index (χ0v) is 12.6. The van der Waals surface area contributed by atoms with Crippen molar-refractivity contribution < 1.29 is 9.53 Å². The molecule has 0 amide bonds. The van der Waals surface area contributed by atoms with E-state index in [4.69, 9.17) is 4.74 Å². The van der Waals surface area contributed by atoms with E-state index in [0.29, 0.717) is 6.42 Å². The summed E-state index contributed by atoms with van der Waals surface area (Å²) in [6.45, 7) is 6.07. The highest BCUT2D eigenvalue weighted by Crippen LogP contribution is 2.07. The minimum Gasteiger partial charge on any atom is -0.458 e. The number of rotatable bonds is 7. The van der Waals surface area contributed by atoms with Crippen LogP contribution in [0.25, 0.3) is 0 Å². The number of esters is 1. The maximum absolute atomic E-state index is 11.8. The molecular weight excluding hydrogens is 248 g/mol. The van der Waals surface area contributed by atoms with Crippen molar-refractivity contribution in [2.45, 2.75) is 46.1 Å². The molecule has 2 nitrogen and oxygen atoms in total. The first-order valence-corrected chi connectivity index (χ1v) is 7.17. The lowest BCUT2D eigenvalue weighted by Gasteiger charge is -2.10. The molecule has 0 N–H and O–H groups in total. The van der Waals surface area contributed by atoms with Crippen LogP contribution in [-0.4, -0.2) is 12.1 Å². The minimum absolute atomic E-state index is 0.179. The van der Waals surface area contributed by atoms with Crippen LogP contribution in [0.4, 0.5) is 0 Å². The van der Waals surface area contributed by atoms with Crippen LogP contribution in [0.15, 0.2) is 54.1 Å². The molecule has 0 saturated carbocycles. The molecule has 0 bridgehead atoms. The van der Waals surface area contributed by atoms with Gasteiger partial charge >= 0.3 is 5.97 Å². The van der Waals surface area contributed by atoms with Crippen molar-refractivity contribution in [2.24, 2.45) is 0 Å². The predicted molar refractivity (Wildman–Crippen MR) is 83.5 cm³/mol. The summed E-state index contributed by atoms with van der Waals surface area (Å²) in [4.78, 5) is 11.8. The molecule has 1 aromatic carbocycles. The third kappa shape index (κ3) is 6.93. The first-order valence-electron chi connectivity index (χ1n) is 7.17. The van der Waals surface area contributed by atoms with Crippen molar-refractivity contribution in [3.63, 3.8) is 0 Å². The Balaban J connectivity index is 2.41. The summed E-state index contributed by atoms with van der Waals surface area (Å²) in [6.07, 6.45) is 8.40. The van der Waals surface area contributed by atoms with E-state index in [-0.39, 0.29) is 12.1 Å². The van der Waals surface area contributed by atoms with Crippen molar-refractivity contribution in [1.82, 2.24) is 0 Å². The summed E-state index contributed by atoms with van der Waals surface area (Å²) in [6, 6.07) is 9.66. The minimum atomic E-state index is -0.183. The number of hydrogen-bond acceptors (Lipinski definition) is 2. The van der Waals surface area contributed by atoms with Gasteiger partial charge in [-0.25, -0.2) is 0 Å². The van der Waals surface area contributed by atoms with E-state index in [0.717, 1.165) is 18.4 Å². The molecule has 1 aromatic rings. The second-order valence-electron chi connectivity index (χ2n) is 4.95. The molecule has 0 saturated heterocycles. The Morgan fingerprint density at radius 1 is 1.25 bits per heavy atom. The van der Waals surface area contributed by atoms with Crippen molar-refractivity contribution in [3.05, 3.63) is 59.7 Å². The molecule has 1 atom stereocenters. The summed E-state index contributed by atoms with van der Waals surface area (Å²) in [5.41, 5.74) is 2.20. The van der Waals surface area contributed by atoms with Crippen LogP contribution in [0, 0.1) is 0 Å². The van der Waals surface area contributed by atoms with Gasteiger partial charge in [0.1, 0.15) is 6.10 Å². The number of benzene rings is 1. The first-order chi connectivity index (χ1) is 9.61. The molecule has 1 rings (SSSR count). The van der Waals surface area contributed by atoms with Gasteiger partial charge in [-0.15, -0.1) is 0 Å². The highest BCUT2D eigenvalue weighted by Gasteiger charge is 2.08. The molecule has 0 spiro atoms. The van der Waals surface area contributed by atoms with Crippen LogP contribution in [0.3, 0.4) is 0 Å². The summed E-state index contributed by atoms with van der Waals surface area (Å²) in [5, 5.41) is 0. The highest BCUT2D eigenvalue weighted by atomic mass is 16.5. The van der Waals surface area contributed by atoms with E-state index in [1.165, 1.54) is 5.57 Å². The van der Waals surface area contributed by atoms with Crippen molar-refractivity contribution in [1.29, 1.82) is 0 Å². The normalized spacial score (nSPS) is 13.4. The van der Waals surface area contributed by atoms with Gasteiger partial charge in [0.2, 0.25) is 0 Å². The summed E-state index contributed by atoms with van der Waals surface area (Å²) in [5.74, 6) is -0.183. The van der Waals surface area contributed by atoms with Crippen molar-refractivity contribution in [3.8, 4) is 0 Å². The molecule has 0 aromatic heterocycles. The zero-order valence-electron chi connectivity index (χ0n) is 12.6. The van der Waals surface area contributed by atoms with Crippen LogP contribution in [-0.2, 0) is 16.0 Å². The lowest BCUT2D eigenvalue weighted by molar-refractivity contribution is -0.145. The second-order valence-corrected chi connectivity index (χ2v) is 4.95. The van der Waals surface area contributed by atoms with Crippen molar-refractivity contribution >= 4 is 5.97 Å². The fourth-order valence-corrected chi connectivity index (χ4v) is 1.95. The topological polar surface area (TPSA) is 26.3 Å². The Morgan fingerprint density at radius 3 is 2.60 bits per heavy atom. The van der Waals surface area contributed by atoms with Gasteiger partial charge in [-0.3, -0.25) is 4.79 Å². The van der Waals surface area contributed by atoms with Crippen LogP contribution in [0.2, 0.25) is 0 Å². The molecule has 0 aliphatic rings. The molecule has 0 aliphatic carbocycles. The molecule has 2 heteroatoms. The Morgan fingerprint density at radius 2 is 1.95 bits per heavy atom. The van der Waals surface area contributed by atoms with Crippen LogP contribution >= 0.6 is 0 Å². The van der Waals surface area contributed by atoms with Gasteiger partial charge in [0.15, 0.2) is 0 Å². The number of carbonyl (C=O) groups excluding carboxylic acids is 1. The Hall–Kier alpha value is -1.83. The molecule has 1 unspecified atom stereocenters. The summed E-state index contributed by atoms with van der Waals surface area (Å²) in [7, 11) is 0. The standard InChI is InChI=1S/C18H24O2/c1-4-5-7-10-15(2)13-16(3)20-18(19)14-17-11-8-6-9-12-17/h5-9,11-13,16H,4,10,14H2,1-3H3/b7-5+,15-13+. The van der Waals surface area contributed by atoms with E-state index in [1.807, 2.05) is 43.3 Å².